The van der Waals surface area contributed by atoms with Crippen molar-refractivity contribution in [2.24, 2.45) is 5.84 Å². The van der Waals surface area contributed by atoms with Crippen molar-refractivity contribution < 1.29 is 8.78 Å². The van der Waals surface area contributed by atoms with Crippen LogP contribution in [0.25, 0.3) is 0 Å². The van der Waals surface area contributed by atoms with E-state index in [-0.39, 0.29) is 21.8 Å². The maximum Gasteiger partial charge on any atom is 0.253 e. The topological polar surface area (TPSA) is 123 Å². The summed E-state index contributed by atoms with van der Waals surface area (Å²) in [6, 6.07) is 1.69. The molecular weight excluding hydrogens is 278 g/mol. The molecule has 0 radical (unpaired) electrons. The van der Waals surface area contributed by atoms with Crippen LogP contribution >= 0.6 is 11.8 Å². The van der Waals surface area contributed by atoms with Crippen LogP contribution in [0.4, 0.5) is 20.4 Å². The van der Waals surface area contributed by atoms with Gasteiger partial charge in [-0.15, -0.1) is 0 Å². The smallest absolute Gasteiger partial charge is 0.253 e. The number of nitrogen functional groups attached to an aromatic ring is 2. The average Bonchev–Trinajstić information content (AvgIpc) is 2.31. The summed E-state index contributed by atoms with van der Waals surface area (Å²) in [5.74, 6) is 2.84. The second kappa shape index (κ2) is 5.20. The van der Waals surface area contributed by atoms with E-state index in [2.05, 4.69) is 15.0 Å². The van der Waals surface area contributed by atoms with Gasteiger partial charge in [0.1, 0.15) is 10.8 Å². The van der Waals surface area contributed by atoms with Crippen LogP contribution in [0.3, 0.4) is 0 Å². The van der Waals surface area contributed by atoms with Crippen LogP contribution in [0.1, 0.15) is 0 Å². The number of hydrogen-bond acceptors (Lipinski definition) is 7. The van der Waals surface area contributed by atoms with E-state index in [1.165, 1.54) is 0 Å². The molecule has 0 aliphatic heterocycles. The Morgan fingerprint density at radius 3 is 2.63 bits per heavy atom. The first-order chi connectivity index (χ1) is 8.99. The van der Waals surface area contributed by atoms with Gasteiger partial charge in [-0.05, 0) is 11.8 Å². The van der Waals surface area contributed by atoms with Crippen molar-refractivity contribution in [3.05, 3.63) is 34.1 Å². The van der Waals surface area contributed by atoms with Crippen molar-refractivity contribution in [2.45, 2.75) is 10.2 Å². The summed E-state index contributed by atoms with van der Waals surface area (Å²) in [7, 11) is 0. The van der Waals surface area contributed by atoms with Gasteiger partial charge in [-0.3, -0.25) is 4.79 Å². The molecule has 0 atom stereocenters. The number of nitrogens with one attached hydrogen (secondary N) is 2. The summed E-state index contributed by atoms with van der Waals surface area (Å²) in [4.78, 5) is 20.9. The highest BCUT2D eigenvalue weighted by Gasteiger charge is 2.13. The van der Waals surface area contributed by atoms with E-state index in [0.717, 1.165) is 6.07 Å². The molecule has 10 heteroatoms. The first-order valence-corrected chi connectivity index (χ1v) is 5.68. The Morgan fingerprint density at radius 1 is 1.26 bits per heavy atom. The van der Waals surface area contributed by atoms with Gasteiger partial charge < -0.3 is 16.1 Å². The molecule has 7 nitrogen and oxygen atoms in total. The monoisotopic (exact) mass is 286 g/mol. The van der Waals surface area contributed by atoms with Crippen molar-refractivity contribution in [1.82, 2.24) is 15.0 Å². The van der Waals surface area contributed by atoms with E-state index in [1.54, 1.807) is 0 Å². The van der Waals surface area contributed by atoms with Gasteiger partial charge >= 0.3 is 0 Å². The molecule has 0 unspecified atom stereocenters. The predicted molar refractivity (Wildman–Crippen MR) is 65.4 cm³/mol. The Hall–Kier alpha value is -2.20. The van der Waals surface area contributed by atoms with Crippen LogP contribution < -0.4 is 22.6 Å². The molecule has 0 aromatic carbocycles. The van der Waals surface area contributed by atoms with E-state index in [9.17, 15) is 13.6 Å². The summed E-state index contributed by atoms with van der Waals surface area (Å²) in [6.07, 6.45) is 0. The fourth-order valence-electron chi connectivity index (χ4n) is 1.22. The lowest BCUT2D eigenvalue weighted by Gasteiger charge is -2.06. The van der Waals surface area contributed by atoms with Crippen LogP contribution in [-0.4, -0.2) is 15.0 Å². The molecule has 100 valence electrons. The number of aromatic nitrogens is 3. The van der Waals surface area contributed by atoms with Crippen LogP contribution in [0.5, 0.6) is 0 Å². The highest BCUT2D eigenvalue weighted by atomic mass is 32.2. The zero-order valence-electron chi connectivity index (χ0n) is 9.28. The lowest BCUT2D eigenvalue weighted by Crippen LogP contribution is -2.12. The van der Waals surface area contributed by atoms with Crippen molar-refractivity contribution in [3.8, 4) is 0 Å². The first-order valence-electron chi connectivity index (χ1n) is 4.87. The molecule has 0 amide bonds. The third-order valence-corrected chi connectivity index (χ3v) is 2.83. The lowest BCUT2D eigenvalue weighted by molar-refractivity contribution is 0.551. The molecule has 0 saturated heterocycles. The number of anilines is 2. The zero-order valence-corrected chi connectivity index (χ0v) is 10.1. The van der Waals surface area contributed by atoms with Crippen LogP contribution in [0, 0.1) is 11.6 Å². The maximum absolute atomic E-state index is 13.5. The van der Waals surface area contributed by atoms with Gasteiger partial charge in [-0.2, -0.15) is 0 Å². The van der Waals surface area contributed by atoms with Gasteiger partial charge in [-0.1, -0.05) is 0 Å². The Labute approximate surface area is 109 Å². The molecule has 2 heterocycles. The van der Waals surface area contributed by atoms with Crippen molar-refractivity contribution in [1.29, 1.82) is 0 Å². The zero-order chi connectivity index (χ0) is 14.0. The van der Waals surface area contributed by atoms with Crippen molar-refractivity contribution in [2.75, 3.05) is 11.2 Å². The van der Waals surface area contributed by atoms with Crippen LogP contribution in [0.2, 0.25) is 0 Å². The minimum atomic E-state index is -0.932. The molecule has 0 bridgehead atoms. The fraction of sp³-hybridized carbons (Fsp3) is 0. The molecule has 0 saturated carbocycles. The van der Waals surface area contributed by atoms with Crippen molar-refractivity contribution >= 4 is 23.4 Å². The Balaban J connectivity index is 2.40. The van der Waals surface area contributed by atoms with E-state index in [0.29, 0.717) is 17.8 Å². The average molecular weight is 286 g/mol. The minimum absolute atomic E-state index is 0.0223. The summed E-state index contributed by atoms with van der Waals surface area (Å²) >= 11 is 0.686. The molecule has 0 aliphatic rings. The number of hydrazine groups is 1. The van der Waals surface area contributed by atoms with E-state index >= 15 is 0 Å². The number of pyridine rings is 1. The molecule has 2 aromatic heterocycles. The number of nitrogens with zero attached hydrogens (tertiary/aromatic N) is 2. The SMILES string of the molecule is NNc1nc(Sc2nc(N)cc(=O)[nH]2)c(F)cc1F. The second-order valence-corrected chi connectivity index (χ2v) is 4.31. The van der Waals surface area contributed by atoms with Gasteiger partial charge in [0.15, 0.2) is 22.6 Å². The second-order valence-electron chi connectivity index (χ2n) is 3.33. The van der Waals surface area contributed by atoms with Gasteiger partial charge in [0.2, 0.25) is 0 Å². The number of aromatic amines is 1. The Morgan fingerprint density at radius 2 is 2.00 bits per heavy atom. The Kier molecular flexibility index (Phi) is 3.62. The molecule has 0 fully saturated rings. The highest BCUT2D eigenvalue weighted by Crippen LogP contribution is 2.27. The van der Waals surface area contributed by atoms with E-state index < -0.39 is 17.2 Å². The van der Waals surface area contributed by atoms with Gasteiger partial charge in [0.25, 0.3) is 5.56 Å². The molecule has 19 heavy (non-hydrogen) atoms. The minimum Gasteiger partial charge on any atom is -0.383 e. The summed E-state index contributed by atoms with van der Waals surface area (Å²) in [5.41, 5.74) is 6.88. The standard InChI is InChI=1S/C9H8F2N6OS/c10-3-1-4(11)8(16-7(3)17-13)19-9-14-5(12)2-6(18)15-9/h1-2H,13H2,(H,16,17)(H3,12,14,15,18). The molecule has 2 aromatic rings. The first kappa shape index (κ1) is 13.2. The fourth-order valence-corrected chi connectivity index (χ4v) is 1.99. The van der Waals surface area contributed by atoms with Crippen LogP contribution in [0.15, 0.2) is 27.1 Å². The Bertz CT molecular complexity index is 676. The lowest BCUT2D eigenvalue weighted by atomic mass is 10.4. The normalized spacial score (nSPS) is 10.5. The number of hydrogen-bond donors (Lipinski definition) is 4. The van der Waals surface area contributed by atoms with Gasteiger partial charge in [0.05, 0.1) is 0 Å². The summed E-state index contributed by atoms with van der Waals surface area (Å²) in [5, 5.41) is -0.172. The number of halogens is 2. The maximum atomic E-state index is 13.5. The largest absolute Gasteiger partial charge is 0.383 e. The quantitative estimate of drug-likeness (QED) is 0.367. The summed E-state index contributed by atoms with van der Waals surface area (Å²) in [6.45, 7) is 0. The van der Waals surface area contributed by atoms with Crippen molar-refractivity contribution in [3.63, 3.8) is 0 Å². The third-order valence-electron chi connectivity index (χ3n) is 1.97. The summed E-state index contributed by atoms with van der Waals surface area (Å²) < 4.78 is 26.7. The molecule has 0 aliphatic carbocycles. The predicted octanol–water partition coefficient (Wildman–Crippen LogP) is 0.462. The van der Waals surface area contributed by atoms with E-state index in [4.69, 9.17) is 11.6 Å². The van der Waals surface area contributed by atoms with Gasteiger partial charge in [-0.25, -0.2) is 24.6 Å². The number of H-pyrrole nitrogens is 1. The third kappa shape index (κ3) is 2.98. The molecule has 6 N–H and O–H groups in total. The molecular formula is C9H8F2N6OS. The van der Waals surface area contributed by atoms with Crippen LogP contribution in [-0.2, 0) is 0 Å². The number of rotatable bonds is 3. The van der Waals surface area contributed by atoms with Gasteiger partial charge in [0, 0.05) is 12.1 Å². The highest BCUT2D eigenvalue weighted by molar-refractivity contribution is 7.99. The molecule has 2 rings (SSSR count). The molecule has 0 spiro atoms. The number of nitrogens with two attached hydrogens (primary N) is 2. The van der Waals surface area contributed by atoms with E-state index in [1.807, 2.05) is 5.43 Å².